The number of carbonyl (C=O) groups is 1. The van der Waals surface area contributed by atoms with Crippen LogP contribution in [0, 0.1) is 19.7 Å². The lowest BCUT2D eigenvalue weighted by molar-refractivity contribution is 0.0636. The monoisotopic (exact) mass is 344 g/mol. The minimum atomic E-state index is -0.286. The second-order valence-electron chi connectivity index (χ2n) is 6.57. The van der Waals surface area contributed by atoms with Crippen molar-refractivity contribution in [2.75, 3.05) is 32.7 Å². The molecule has 2 heterocycles. The van der Waals surface area contributed by atoms with Crippen LogP contribution in [0.5, 0.6) is 0 Å². The normalized spacial score (nSPS) is 15.6. The average Bonchev–Trinajstić information content (AvgIpc) is 2.90. The predicted molar refractivity (Wildman–Crippen MR) is 95.6 cm³/mol. The number of amides is 1. The van der Waals surface area contributed by atoms with Crippen LogP contribution in [0.1, 0.15) is 35.1 Å². The Morgan fingerprint density at radius 1 is 1.12 bits per heavy atom. The van der Waals surface area contributed by atoms with E-state index >= 15 is 0 Å². The summed E-state index contributed by atoms with van der Waals surface area (Å²) in [6, 6.07) is 6.15. The Kier molecular flexibility index (Phi) is 5.18. The summed E-state index contributed by atoms with van der Waals surface area (Å²) < 4.78 is 14.9. The van der Waals surface area contributed by atoms with Crippen molar-refractivity contribution >= 4 is 5.91 Å². The van der Waals surface area contributed by atoms with Crippen molar-refractivity contribution in [1.29, 1.82) is 0 Å². The number of rotatable bonds is 4. The van der Waals surface area contributed by atoms with Crippen molar-refractivity contribution < 1.29 is 9.18 Å². The first-order chi connectivity index (χ1) is 12.0. The van der Waals surface area contributed by atoms with Crippen LogP contribution in [-0.2, 0) is 0 Å². The Morgan fingerprint density at radius 2 is 1.76 bits per heavy atom. The van der Waals surface area contributed by atoms with Gasteiger partial charge in [0.05, 0.1) is 22.6 Å². The topological polar surface area (TPSA) is 41.4 Å². The zero-order valence-corrected chi connectivity index (χ0v) is 15.1. The zero-order valence-electron chi connectivity index (χ0n) is 15.1. The molecule has 0 unspecified atom stereocenters. The van der Waals surface area contributed by atoms with E-state index in [1.165, 1.54) is 12.1 Å². The molecule has 1 aliphatic rings. The lowest BCUT2D eigenvalue weighted by atomic mass is 10.1. The molecule has 1 aromatic heterocycles. The van der Waals surface area contributed by atoms with Gasteiger partial charge in [-0.2, -0.15) is 5.10 Å². The van der Waals surface area contributed by atoms with Crippen LogP contribution in [0.4, 0.5) is 4.39 Å². The molecule has 0 bridgehead atoms. The fourth-order valence-electron chi connectivity index (χ4n) is 3.43. The predicted octanol–water partition coefficient (Wildman–Crippen LogP) is 2.80. The molecular formula is C19H25FN4O. The van der Waals surface area contributed by atoms with Crippen LogP contribution in [0.25, 0.3) is 5.69 Å². The first-order valence-electron chi connectivity index (χ1n) is 8.85. The summed E-state index contributed by atoms with van der Waals surface area (Å²) in [5.74, 6) is -0.244. The van der Waals surface area contributed by atoms with Crippen molar-refractivity contribution in [3.05, 3.63) is 47.0 Å². The van der Waals surface area contributed by atoms with E-state index in [9.17, 15) is 9.18 Å². The number of aryl methyl sites for hydroxylation is 1. The molecule has 1 fully saturated rings. The van der Waals surface area contributed by atoms with E-state index in [-0.39, 0.29) is 11.7 Å². The van der Waals surface area contributed by atoms with Gasteiger partial charge in [-0.25, -0.2) is 9.07 Å². The SMILES string of the molecule is CCCN1CCN(C(=O)c2c(C)nn(-c3ccc(F)cc3)c2C)CC1. The number of benzene rings is 1. The molecule has 1 aliphatic heterocycles. The van der Waals surface area contributed by atoms with Crippen LogP contribution in [0.2, 0.25) is 0 Å². The summed E-state index contributed by atoms with van der Waals surface area (Å²) in [4.78, 5) is 17.3. The number of carbonyl (C=O) groups excluding carboxylic acids is 1. The van der Waals surface area contributed by atoms with Gasteiger partial charge in [-0.15, -0.1) is 0 Å². The Labute approximate surface area is 148 Å². The molecule has 134 valence electrons. The van der Waals surface area contributed by atoms with Gasteiger partial charge >= 0.3 is 0 Å². The van der Waals surface area contributed by atoms with Gasteiger partial charge in [0.15, 0.2) is 0 Å². The Balaban J connectivity index is 1.81. The van der Waals surface area contributed by atoms with Gasteiger partial charge in [0, 0.05) is 26.2 Å². The summed E-state index contributed by atoms with van der Waals surface area (Å²) in [5, 5.41) is 4.51. The van der Waals surface area contributed by atoms with Crippen molar-refractivity contribution in [3.63, 3.8) is 0 Å². The van der Waals surface area contributed by atoms with Gasteiger partial charge in [-0.1, -0.05) is 6.92 Å². The highest BCUT2D eigenvalue weighted by atomic mass is 19.1. The highest BCUT2D eigenvalue weighted by Gasteiger charge is 2.26. The first kappa shape index (κ1) is 17.6. The Bertz CT molecular complexity index is 746. The highest BCUT2D eigenvalue weighted by molar-refractivity contribution is 5.96. The first-order valence-corrected chi connectivity index (χ1v) is 8.85. The molecule has 6 heteroatoms. The summed E-state index contributed by atoms with van der Waals surface area (Å²) in [5.41, 5.74) is 2.93. The van der Waals surface area contributed by atoms with E-state index < -0.39 is 0 Å². The van der Waals surface area contributed by atoms with Crippen molar-refractivity contribution in [2.45, 2.75) is 27.2 Å². The maximum atomic E-state index is 13.2. The number of aromatic nitrogens is 2. The average molecular weight is 344 g/mol. The zero-order chi connectivity index (χ0) is 18.0. The number of piperazine rings is 1. The minimum Gasteiger partial charge on any atom is -0.336 e. The number of hydrogen-bond donors (Lipinski definition) is 0. The van der Waals surface area contributed by atoms with Crippen LogP contribution >= 0.6 is 0 Å². The van der Waals surface area contributed by atoms with Crippen molar-refractivity contribution in [1.82, 2.24) is 19.6 Å². The van der Waals surface area contributed by atoms with E-state index in [4.69, 9.17) is 0 Å². The molecule has 1 amide bonds. The maximum absolute atomic E-state index is 13.2. The third-order valence-electron chi connectivity index (χ3n) is 4.78. The van der Waals surface area contributed by atoms with Gasteiger partial charge in [-0.05, 0) is 51.1 Å². The third kappa shape index (κ3) is 3.58. The second kappa shape index (κ2) is 7.35. The van der Waals surface area contributed by atoms with Gasteiger partial charge < -0.3 is 4.90 Å². The van der Waals surface area contributed by atoms with Crippen molar-refractivity contribution in [2.24, 2.45) is 0 Å². The van der Waals surface area contributed by atoms with E-state index in [1.54, 1.807) is 16.8 Å². The molecule has 0 spiro atoms. The minimum absolute atomic E-state index is 0.0412. The lowest BCUT2D eigenvalue weighted by Gasteiger charge is -2.34. The number of halogens is 1. The van der Waals surface area contributed by atoms with Crippen LogP contribution in [-0.4, -0.2) is 58.2 Å². The van der Waals surface area contributed by atoms with Gasteiger partial charge in [0.2, 0.25) is 0 Å². The van der Waals surface area contributed by atoms with Gasteiger partial charge in [-0.3, -0.25) is 9.69 Å². The molecule has 0 N–H and O–H groups in total. The van der Waals surface area contributed by atoms with Gasteiger partial charge in [0.1, 0.15) is 5.82 Å². The summed E-state index contributed by atoms with van der Waals surface area (Å²) in [6.07, 6.45) is 1.14. The van der Waals surface area contributed by atoms with E-state index in [1.807, 2.05) is 18.7 Å². The molecule has 2 aromatic rings. The maximum Gasteiger partial charge on any atom is 0.257 e. The molecule has 0 saturated carbocycles. The largest absolute Gasteiger partial charge is 0.336 e. The van der Waals surface area contributed by atoms with Crippen LogP contribution in [0.15, 0.2) is 24.3 Å². The summed E-state index contributed by atoms with van der Waals surface area (Å²) in [6.45, 7) is 10.3. The molecule has 0 atom stereocenters. The second-order valence-corrected chi connectivity index (χ2v) is 6.57. The summed E-state index contributed by atoms with van der Waals surface area (Å²) >= 11 is 0. The third-order valence-corrected chi connectivity index (χ3v) is 4.78. The fourth-order valence-corrected chi connectivity index (χ4v) is 3.43. The van der Waals surface area contributed by atoms with Crippen molar-refractivity contribution in [3.8, 4) is 5.69 Å². The van der Waals surface area contributed by atoms with E-state index in [2.05, 4.69) is 16.9 Å². The quantitative estimate of drug-likeness (QED) is 0.856. The molecular weight excluding hydrogens is 319 g/mol. The molecule has 5 nitrogen and oxygen atoms in total. The molecule has 1 aromatic carbocycles. The van der Waals surface area contributed by atoms with E-state index in [0.717, 1.165) is 50.5 Å². The van der Waals surface area contributed by atoms with E-state index in [0.29, 0.717) is 11.3 Å². The van der Waals surface area contributed by atoms with Gasteiger partial charge in [0.25, 0.3) is 5.91 Å². The smallest absolute Gasteiger partial charge is 0.257 e. The molecule has 0 aliphatic carbocycles. The van der Waals surface area contributed by atoms with Crippen LogP contribution < -0.4 is 0 Å². The molecule has 25 heavy (non-hydrogen) atoms. The fraction of sp³-hybridized carbons (Fsp3) is 0.474. The van der Waals surface area contributed by atoms with Crippen LogP contribution in [0.3, 0.4) is 0 Å². The molecule has 3 rings (SSSR count). The number of nitrogens with zero attached hydrogens (tertiary/aromatic N) is 4. The lowest BCUT2D eigenvalue weighted by Crippen LogP contribution is -2.49. The molecule has 0 radical (unpaired) electrons. The molecule has 1 saturated heterocycles. The Morgan fingerprint density at radius 3 is 2.36 bits per heavy atom. The highest BCUT2D eigenvalue weighted by Crippen LogP contribution is 2.20. The Hall–Kier alpha value is -2.21. The standard InChI is InChI=1S/C19H25FN4O/c1-4-9-22-10-12-23(13-11-22)19(25)18-14(2)21-24(15(18)3)17-7-5-16(20)6-8-17/h5-8H,4,9-13H2,1-3H3. The number of hydrogen-bond acceptors (Lipinski definition) is 3. The summed E-state index contributed by atoms with van der Waals surface area (Å²) in [7, 11) is 0.